The molecule has 0 aliphatic carbocycles. The summed E-state index contributed by atoms with van der Waals surface area (Å²) in [6.45, 7) is 4.61. The Morgan fingerprint density at radius 3 is 2.38 bits per heavy atom. The number of nitrogens with zero attached hydrogens (tertiary/aromatic N) is 4. The number of hydrogen-bond donors (Lipinski definition) is 0. The highest BCUT2D eigenvalue weighted by molar-refractivity contribution is 7.98. The van der Waals surface area contributed by atoms with Crippen molar-refractivity contribution in [3.8, 4) is 11.4 Å². The second-order valence-electron chi connectivity index (χ2n) is 13.1. The number of aromatic nitrogens is 2. The third-order valence-corrected chi connectivity index (χ3v) is 12.0. The number of piperidine rings is 1. The Kier molecular flexibility index (Phi) is 10.1. The van der Waals surface area contributed by atoms with Gasteiger partial charge < -0.3 is 9.22 Å². The Bertz CT molecular complexity index is 1850. The zero-order valence-electron chi connectivity index (χ0n) is 27.2. The molecule has 4 aromatic rings. The van der Waals surface area contributed by atoms with E-state index in [0.29, 0.717) is 34.1 Å². The quantitative estimate of drug-likeness (QED) is 0.127. The molecule has 1 aliphatic rings. The molecule has 47 heavy (non-hydrogen) atoms. The molecule has 0 bridgehead atoms. The van der Waals surface area contributed by atoms with Gasteiger partial charge in [0.05, 0.1) is 51.6 Å². The first-order chi connectivity index (χ1) is 22.0. The van der Waals surface area contributed by atoms with Crippen LogP contribution in [0.15, 0.2) is 70.8 Å². The fraction of sp³-hybridized carbons (Fsp3) is 0.382. The summed E-state index contributed by atoms with van der Waals surface area (Å²) in [5.41, 5.74) is 1.49. The molecular weight excluding hydrogens is 669 g/mol. The van der Waals surface area contributed by atoms with Crippen LogP contribution in [-0.2, 0) is 21.2 Å². The molecule has 1 unspecified atom stereocenters. The number of rotatable bonds is 10. The van der Waals surface area contributed by atoms with Crippen LogP contribution in [0.4, 0.5) is 13.2 Å². The lowest BCUT2D eigenvalue weighted by Crippen LogP contribution is -2.55. The molecule has 0 saturated carbocycles. The van der Waals surface area contributed by atoms with Crippen molar-refractivity contribution in [2.45, 2.75) is 54.0 Å². The number of imidazole rings is 1. The van der Waals surface area contributed by atoms with Gasteiger partial charge in [-0.3, -0.25) is 4.57 Å². The summed E-state index contributed by atoms with van der Waals surface area (Å²) in [5, 5.41) is 0.468. The second-order valence-corrected chi connectivity index (χ2v) is 16.4. The van der Waals surface area contributed by atoms with Gasteiger partial charge in [-0.25, -0.2) is 26.6 Å². The van der Waals surface area contributed by atoms with Crippen LogP contribution in [-0.4, -0.2) is 74.1 Å². The molecule has 1 atom stereocenters. The summed E-state index contributed by atoms with van der Waals surface area (Å²) < 4.78 is 80.1. The lowest BCUT2D eigenvalue weighted by Gasteiger charge is -2.40. The van der Waals surface area contributed by atoms with Crippen molar-refractivity contribution in [2.75, 3.05) is 41.3 Å². The van der Waals surface area contributed by atoms with Gasteiger partial charge in [-0.2, -0.15) is 4.31 Å². The van der Waals surface area contributed by atoms with E-state index in [9.17, 15) is 17.2 Å². The lowest BCUT2D eigenvalue weighted by molar-refractivity contribution is -0.896. The van der Waals surface area contributed by atoms with Gasteiger partial charge in [0, 0.05) is 40.4 Å². The molecular formula is C34H39ClF3N4O3S2+. The first kappa shape index (κ1) is 35.3. The van der Waals surface area contributed by atoms with E-state index in [0.717, 1.165) is 24.5 Å². The summed E-state index contributed by atoms with van der Waals surface area (Å²) in [6.07, 6.45) is 3.31. The van der Waals surface area contributed by atoms with Crippen LogP contribution in [0.2, 0.25) is 5.02 Å². The Hall–Kier alpha value is -3.03. The van der Waals surface area contributed by atoms with Gasteiger partial charge in [0.15, 0.2) is 16.7 Å². The van der Waals surface area contributed by atoms with E-state index in [1.54, 1.807) is 30.5 Å². The number of quaternary nitrogens is 1. The van der Waals surface area contributed by atoms with Gasteiger partial charge >= 0.3 is 0 Å². The van der Waals surface area contributed by atoms with Crippen molar-refractivity contribution in [2.24, 2.45) is 0 Å². The summed E-state index contributed by atoms with van der Waals surface area (Å²) in [5.74, 6) is -1.49. The smallest absolute Gasteiger partial charge is 0.243 e. The van der Waals surface area contributed by atoms with Crippen molar-refractivity contribution >= 4 is 33.4 Å². The van der Waals surface area contributed by atoms with Crippen LogP contribution in [0.3, 0.4) is 0 Å². The fourth-order valence-corrected chi connectivity index (χ4v) is 8.84. The average molecular weight is 708 g/mol. The molecule has 252 valence electrons. The number of likely N-dealkylation sites (N-methyl/N-ethyl adjacent to an activating group) is 1. The standard InChI is InChI=1S/C34H39ClF3N4O3S2/c1-34(2,22-9-14-29(37)31(16-22)45-6)32-19-39-33(41(32)24-12-10-23(36)11-13-24)46-21-27-28(35)17-26(18-30(27)38)47(43,44)40-15-7-8-25(20-40)42(3,4)5/h9-14,16-19,25H,7-8,15,20-21H2,1-6H3/q+1. The predicted octanol–water partition coefficient (Wildman–Crippen LogP) is 7.43. The lowest BCUT2D eigenvalue weighted by atomic mass is 9.81. The summed E-state index contributed by atoms with van der Waals surface area (Å²) in [6, 6.07) is 13.0. The van der Waals surface area contributed by atoms with Gasteiger partial charge in [-0.1, -0.05) is 43.3 Å². The molecule has 1 aliphatic heterocycles. The van der Waals surface area contributed by atoms with Gasteiger partial charge in [0.2, 0.25) is 10.0 Å². The van der Waals surface area contributed by atoms with E-state index >= 15 is 4.39 Å². The highest BCUT2D eigenvalue weighted by Crippen LogP contribution is 2.39. The van der Waals surface area contributed by atoms with Crippen molar-refractivity contribution in [3.63, 3.8) is 0 Å². The Morgan fingerprint density at radius 1 is 1.04 bits per heavy atom. The number of ether oxygens (including phenoxy) is 1. The van der Waals surface area contributed by atoms with Crippen LogP contribution in [0.25, 0.3) is 5.69 Å². The highest BCUT2D eigenvalue weighted by atomic mass is 35.5. The first-order valence-electron chi connectivity index (χ1n) is 15.1. The van der Waals surface area contributed by atoms with Crippen molar-refractivity contribution in [1.29, 1.82) is 0 Å². The minimum absolute atomic E-state index is 0.00455. The van der Waals surface area contributed by atoms with E-state index in [2.05, 4.69) is 4.98 Å². The van der Waals surface area contributed by atoms with Crippen LogP contribution >= 0.6 is 23.4 Å². The molecule has 1 aromatic heterocycles. The topological polar surface area (TPSA) is 64.4 Å². The van der Waals surface area contributed by atoms with Crippen molar-refractivity contribution in [3.05, 3.63) is 100 Å². The summed E-state index contributed by atoms with van der Waals surface area (Å²) >= 11 is 7.77. The van der Waals surface area contributed by atoms with E-state index in [1.165, 1.54) is 47.4 Å². The minimum atomic E-state index is -3.96. The molecule has 13 heteroatoms. The van der Waals surface area contributed by atoms with E-state index in [1.807, 2.05) is 39.6 Å². The first-order valence-corrected chi connectivity index (χ1v) is 17.9. The van der Waals surface area contributed by atoms with Gasteiger partial charge in [-0.05, 0) is 60.5 Å². The maximum Gasteiger partial charge on any atom is 0.243 e. The van der Waals surface area contributed by atoms with Crippen LogP contribution in [0.1, 0.15) is 43.5 Å². The van der Waals surface area contributed by atoms with E-state index in [-0.39, 0.29) is 33.0 Å². The molecule has 3 aromatic carbocycles. The molecule has 0 spiro atoms. The Labute approximate surface area is 284 Å². The van der Waals surface area contributed by atoms with E-state index < -0.39 is 32.9 Å². The van der Waals surface area contributed by atoms with Gasteiger partial charge in [0.25, 0.3) is 0 Å². The Morgan fingerprint density at radius 2 is 1.74 bits per heavy atom. The minimum Gasteiger partial charge on any atom is -0.494 e. The number of hydrogen-bond acceptors (Lipinski definition) is 5. The third-order valence-electron chi connectivity index (χ3n) is 8.88. The van der Waals surface area contributed by atoms with E-state index in [4.69, 9.17) is 16.3 Å². The van der Waals surface area contributed by atoms with Crippen molar-refractivity contribution < 1.29 is 30.8 Å². The molecule has 1 saturated heterocycles. The highest BCUT2D eigenvalue weighted by Gasteiger charge is 2.37. The fourth-order valence-electron chi connectivity index (χ4n) is 5.84. The average Bonchev–Trinajstić information content (AvgIpc) is 3.45. The molecule has 5 rings (SSSR count). The molecule has 0 radical (unpaired) electrons. The normalized spacial score (nSPS) is 16.4. The van der Waals surface area contributed by atoms with Crippen LogP contribution in [0.5, 0.6) is 5.75 Å². The molecule has 7 nitrogen and oxygen atoms in total. The SMILES string of the molecule is COc1cc(C(C)(C)c2cnc(SCc3c(F)cc(S(=O)(=O)N4CCCC([N+](C)(C)C)C4)cc3Cl)n2-c2ccc(F)cc2)ccc1F. The second kappa shape index (κ2) is 13.5. The number of thioether (sulfide) groups is 1. The van der Waals surface area contributed by atoms with Gasteiger partial charge in [-0.15, -0.1) is 0 Å². The van der Waals surface area contributed by atoms with Crippen LogP contribution in [0, 0.1) is 17.5 Å². The number of methoxy groups -OCH3 is 1. The number of benzene rings is 3. The van der Waals surface area contributed by atoms with Crippen molar-refractivity contribution in [1.82, 2.24) is 13.9 Å². The monoisotopic (exact) mass is 707 g/mol. The molecule has 0 amide bonds. The number of sulfonamides is 1. The summed E-state index contributed by atoms with van der Waals surface area (Å²) in [7, 11) is 3.54. The zero-order valence-corrected chi connectivity index (χ0v) is 29.6. The van der Waals surface area contributed by atoms with Crippen LogP contribution < -0.4 is 4.74 Å². The maximum atomic E-state index is 15.7. The van der Waals surface area contributed by atoms with Gasteiger partial charge in [0.1, 0.15) is 17.7 Å². The molecule has 0 N–H and O–H groups in total. The largest absolute Gasteiger partial charge is 0.494 e. The Balaban J connectivity index is 1.46. The molecule has 1 fully saturated rings. The maximum absolute atomic E-state index is 15.7. The predicted molar refractivity (Wildman–Crippen MR) is 179 cm³/mol. The number of halogens is 4. The molecule has 2 heterocycles. The third kappa shape index (κ3) is 7.22. The zero-order chi connectivity index (χ0) is 34.3. The summed E-state index contributed by atoms with van der Waals surface area (Å²) in [4.78, 5) is 4.47.